The molecule has 76 valence electrons. The van der Waals surface area contributed by atoms with Crippen molar-refractivity contribution in [3.8, 4) is 0 Å². The second kappa shape index (κ2) is 4.47. The summed E-state index contributed by atoms with van der Waals surface area (Å²) in [7, 11) is 0. The molecule has 0 spiro atoms. The molecule has 1 aromatic carbocycles. The van der Waals surface area contributed by atoms with Gasteiger partial charge in [-0.1, -0.05) is 39.7 Å². The van der Waals surface area contributed by atoms with E-state index in [2.05, 4.69) is 15.9 Å². The van der Waals surface area contributed by atoms with Gasteiger partial charge in [-0.25, -0.2) is 0 Å². The van der Waals surface area contributed by atoms with Crippen molar-refractivity contribution < 1.29 is 4.79 Å². The fourth-order valence-electron chi connectivity index (χ4n) is 1.22. The maximum absolute atomic E-state index is 12.0. The van der Waals surface area contributed by atoms with Crippen LogP contribution in [0.4, 0.5) is 0 Å². The van der Waals surface area contributed by atoms with E-state index in [1.807, 2.05) is 17.5 Å². The summed E-state index contributed by atoms with van der Waals surface area (Å²) in [6.07, 6.45) is 0. The number of carbonyl (C=O) groups excluding carboxylic acids is 1. The average molecular weight is 302 g/mol. The Hall–Kier alpha value is -0.640. The Balaban J connectivity index is 2.41. The summed E-state index contributed by atoms with van der Waals surface area (Å²) in [4.78, 5) is 12.6. The number of hydrogen-bond donors (Lipinski definition) is 0. The zero-order chi connectivity index (χ0) is 10.8. The van der Waals surface area contributed by atoms with E-state index in [0.29, 0.717) is 15.5 Å². The lowest BCUT2D eigenvalue weighted by Gasteiger charge is -1.99. The summed E-state index contributed by atoms with van der Waals surface area (Å²) in [6.45, 7) is 0. The Morgan fingerprint density at radius 3 is 2.73 bits per heavy atom. The fraction of sp³-hybridized carbons (Fsp3) is 0. The summed E-state index contributed by atoms with van der Waals surface area (Å²) in [6, 6.07) is 9.02. The van der Waals surface area contributed by atoms with Crippen LogP contribution in [0.3, 0.4) is 0 Å². The van der Waals surface area contributed by atoms with Crippen LogP contribution >= 0.6 is 38.9 Å². The predicted octanol–water partition coefficient (Wildman–Crippen LogP) is 4.40. The van der Waals surface area contributed by atoms with Gasteiger partial charge in [0, 0.05) is 10.0 Å². The van der Waals surface area contributed by atoms with E-state index >= 15 is 0 Å². The number of hydrogen-bond acceptors (Lipinski definition) is 2. The third-order valence-electron chi connectivity index (χ3n) is 1.91. The SMILES string of the molecule is O=C(c1cccc(Br)c1)c1sccc1Cl. The third kappa shape index (κ3) is 2.30. The molecule has 2 aromatic rings. The molecule has 0 aliphatic heterocycles. The lowest BCUT2D eigenvalue weighted by molar-refractivity contribution is 0.104. The zero-order valence-corrected chi connectivity index (χ0v) is 10.7. The molecule has 0 fully saturated rings. The fourth-order valence-corrected chi connectivity index (χ4v) is 2.72. The van der Waals surface area contributed by atoms with E-state index in [1.165, 1.54) is 11.3 Å². The van der Waals surface area contributed by atoms with Gasteiger partial charge in [-0.05, 0) is 23.6 Å². The lowest BCUT2D eigenvalue weighted by atomic mass is 10.1. The number of carbonyl (C=O) groups is 1. The highest BCUT2D eigenvalue weighted by Crippen LogP contribution is 2.25. The third-order valence-corrected chi connectivity index (χ3v) is 3.74. The molecule has 1 heterocycles. The van der Waals surface area contributed by atoms with Crippen LogP contribution in [0.25, 0.3) is 0 Å². The molecular formula is C11H6BrClOS. The van der Waals surface area contributed by atoms with E-state index in [1.54, 1.807) is 18.2 Å². The van der Waals surface area contributed by atoms with Crippen molar-refractivity contribution in [3.63, 3.8) is 0 Å². The maximum Gasteiger partial charge on any atom is 0.204 e. The molecular weight excluding hydrogens is 296 g/mol. The summed E-state index contributed by atoms with van der Waals surface area (Å²) in [5.74, 6) is -0.0312. The van der Waals surface area contributed by atoms with Crippen LogP contribution in [-0.4, -0.2) is 5.78 Å². The van der Waals surface area contributed by atoms with Crippen LogP contribution in [0.5, 0.6) is 0 Å². The minimum absolute atomic E-state index is 0.0312. The molecule has 15 heavy (non-hydrogen) atoms. The summed E-state index contributed by atoms with van der Waals surface area (Å²) < 4.78 is 0.890. The molecule has 0 amide bonds. The highest BCUT2D eigenvalue weighted by molar-refractivity contribution is 9.10. The number of ketones is 1. The first-order valence-corrected chi connectivity index (χ1v) is 6.27. The van der Waals surface area contributed by atoms with Crippen molar-refractivity contribution in [3.05, 3.63) is 55.6 Å². The van der Waals surface area contributed by atoms with Crippen LogP contribution < -0.4 is 0 Å². The highest BCUT2D eigenvalue weighted by atomic mass is 79.9. The maximum atomic E-state index is 12.0. The minimum Gasteiger partial charge on any atom is -0.288 e. The van der Waals surface area contributed by atoms with Crippen LogP contribution in [0.1, 0.15) is 15.2 Å². The van der Waals surface area contributed by atoms with Crippen molar-refractivity contribution in [2.45, 2.75) is 0 Å². The average Bonchev–Trinajstić information content (AvgIpc) is 2.63. The Labute approximate surface area is 105 Å². The standard InChI is InChI=1S/C11H6BrClOS/c12-8-3-1-2-7(6-8)10(14)11-9(13)4-5-15-11/h1-6H. The van der Waals surface area contributed by atoms with E-state index in [9.17, 15) is 4.79 Å². The number of benzene rings is 1. The molecule has 1 aromatic heterocycles. The van der Waals surface area contributed by atoms with E-state index in [4.69, 9.17) is 11.6 Å². The Morgan fingerprint density at radius 1 is 1.33 bits per heavy atom. The second-order valence-electron chi connectivity index (χ2n) is 2.94. The first kappa shape index (κ1) is 10.9. The molecule has 0 saturated heterocycles. The normalized spacial score (nSPS) is 10.3. The predicted molar refractivity (Wildman–Crippen MR) is 66.9 cm³/mol. The Bertz CT molecular complexity index is 507. The summed E-state index contributed by atoms with van der Waals surface area (Å²) >= 11 is 10.6. The summed E-state index contributed by atoms with van der Waals surface area (Å²) in [5, 5.41) is 2.33. The Morgan fingerprint density at radius 2 is 2.13 bits per heavy atom. The van der Waals surface area contributed by atoms with Crippen molar-refractivity contribution >= 4 is 44.7 Å². The van der Waals surface area contributed by atoms with Gasteiger partial charge in [-0.3, -0.25) is 4.79 Å². The molecule has 0 saturated carbocycles. The van der Waals surface area contributed by atoms with Crippen molar-refractivity contribution in [2.75, 3.05) is 0 Å². The zero-order valence-electron chi connectivity index (χ0n) is 7.54. The molecule has 4 heteroatoms. The summed E-state index contributed by atoms with van der Waals surface area (Å²) in [5.41, 5.74) is 0.647. The number of halogens is 2. The smallest absolute Gasteiger partial charge is 0.204 e. The van der Waals surface area contributed by atoms with Crippen molar-refractivity contribution in [2.24, 2.45) is 0 Å². The minimum atomic E-state index is -0.0312. The van der Waals surface area contributed by atoms with Crippen LogP contribution in [0, 0.1) is 0 Å². The molecule has 2 rings (SSSR count). The number of thiophene rings is 1. The van der Waals surface area contributed by atoms with Crippen molar-refractivity contribution in [1.82, 2.24) is 0 Å². The van der Waals surface area contributed by atoms with Gasteiger partial charge in [0.05, 0.1) is 9.90 Å². The molecule has 1 nitrogen and oxygen atoms in total. The monoisotopic (exact) mass is 300 g/mol. The molecule has 0 aliphatic rings. The molecule has 0 unspecified atom stereocenters. The van der Waals surface area contributed by atoms with Gasteiger partial charge in [0.1, 0.15) is 0 Å². The topological polar surface area (TPSA) is 17.1 Å². The van der Waals surface area contributed by atoms with E-state index in [0.717, 1.165) is 4.47 Å². The van der Waals surface area contributed by atoms with Gasteiger partial charge in [0.15, 0.2) is 0 Å². The van der Waals surface area contributed by atoms with Gasteiger partial charge in [0.2, 0.25) is 5.78 Å². The molecule has 0 N–H and O–H groups in total. The lowest BCUT2D eigenvalue weighted by Crippen LogP contribution is -1.98. The molecule has 0 atom stereocenters. The van der Waals surface area contributed by atoms with E-state index in [-0.39, 0.29) is 5.78 Å². The van der Waals surface area contributed by atoms with Crippen molar-refractivity contribution in [1.29, 1.82) is 0 Å². The van der Waals surface area contributed by atoms with Gasteiger partial charge in [0.25, 0.3) is 0 Å². The molecule has 0 bridgehead atoms. The second-order valence-corrected chi connectivity index (χ2v) is 5.18. The first-order valence-electron chi connectivity index (χ1n) is 4.22. The van der Waals surface area contributed by atoms with Crippen LogP contribution in [0.2, 0.25) is 5.02 Å². The first-order chi connectivity index (χ1) is 7.18. The highest BCUT2D eigenvalue weighted by Gasteiger charge is 2.13. The van der Waals surface area contributed by atoms with Crippen LogP contribution in [-0.2, 0) is 0 Å². The van der Waals surface area contributed by atoms with Gasteiger partial charge in [-0.2, -0.15) is 0 Å². The van der Waals surface area contributed by atoms with Crippen LogP contribution in [0.15, 0.2) is 40.2 Å². The molecule has 0 aliphatic carbocycles. The van der Waals surface area contributed by atoms with Gasteiger partial charge < -0.3 is 0 Å². The Kier molecular flexibility index (Phi) is 3.24. The quantitative estimate of drug-likeness (QED) is 0.752. The largest absolute Gasteiger partial charge is 0.288 e. The number of rotatable bonds is 2. The van der Waals surface area contributed by atoms with E-state index < -0.39 is 0 Å². The van der Waals surface area contributed by atoms with Gasteiger partial charge >= 0.3 is 0 Å². The molecule has 0 radical (unpaired) electrons. The van der Waals surface area contributed by atoms with Gasteiger partial charge in [-0.15, -0.1) is 11.3 Å².